The quantitative estimate of drug-likeness (QED) is 0.843. The number of amides is 1. The summed E-state index contributed by atoms with van der Waals surface area (Å²) in [4.78, 5) is 13.3. The van der Waals surface area contributed by atoms with E-state index < -0.39 is 16.1 Å². The number of halogens is 1. The highest BCUT2D eigenvalue weighted by molar-refractivity contribution is 9.11. The summed E-state index contributed by atoms with van der Waals surface area (Å²) in [6.07, 6.45) is 3.25. The van der Waals surface area contributed by atoms with E-state index in [0.29, 0.717) is 19.5 Å². The molecule has 2 heterocycles. The van der Waals surface area contributed by atoms with Crippen LogP contribution in [-0.2, 0) is 21.2 Å². The number of carbonyl (C=O) groups excluding carboxylic acids is 1. The molecule has 8 heteroatoms. The largest absolute Gasteiger partial charge is 0.354 e. The van der Waals surface area contributed by atoms with Crippen LogP contribution in [0.15, 0.2) is 15.9 Å². The fourth-order valence-electron chi connectivity index (χ4n) is 2.31. The molecule has 0 spiro atoms. The molecular weight excluding hydrogens is 364 g/mol. The first-order chi connectivity index (χ1) is 9.38. The molecule has 20 heavy (non-hydrogen) atoms. The van der Waals surface area contributed by atoms with Gasteiger partial charge in [0, 0.05) is 18.0 Å². The van der Waals surface area contributed by atoms with E-state index in [-0.39, 0.29) is 5.91 Å². The summed E-state index contributed by atoms with van der Waals surface area (Å²) < 4.78 is 25.5. The average Bonchev–Trinajstić information content (AvgIpc) is 2.96. The van der Waals surface area contributed by atoms with Gasteiger partial charge in [0.05, 0.1) is 10.0 Å². The van der Waals surface area contributed by atoms with Gasteiger partial charge in [0.25, 0.3) is 0 Å². The van der Waals surface area contributed by atoms with Gasteiger partial charge in [-0.25, -0.2) is 8.42 Å². The van der Waals surface area contributed by atoms with E-state index in [9.17, 15) is 13.2 Å². The van der Waals surface area contributed by atoms with Crippen molar-refractivity contribution in [2.45, 2.75) is 25.3 Å². The number of hydrogen-bond acceptors (Lipinski definition) is 4. The van der Waals surface area contributed by atoms with Gasteiger partial charge in [-0.2, -0.15) is 4.31 Å². The maximum atomic E-state index is 12.1. The molecule has 1 atom stereocenters. The normalized spacial score (nSPS) is 20.2. The van der Waals surface area contributed by atoms with E-state index in [1.54, 1.807) is 11.3 Å². The Hall–Kier alpha value is -0.440. The second-order valence-corrected chi connectivity index (χ2v) is 9.26. The fourth-order valence-corrected chi connectivity index (χ4v) is 4.92. The number of hydrogen-bond donors (Lipinski definition) is 1. The van der Waals surface area contributed by atoms with Crippen molar-refractivity contribution >= 4 is 43.2 Å². The SMILES string of the molecule is CS(=O)(=O)N1CCC[C@@H]1C(=O)NCCc1ccc(Br)s1. The number of nitrogens with zero attached hydrogens (tertiary/aromatic N) is 1. The first-order valence-corrected chi connectivity index (χ1v) is 9.82. The molecule has 0 radical (unpaired) electrons. The summed E-state index contributed by atoms with van der Waals surface area (Å²) >= 11 is 5.03. The lowest BCUT2D eigenvalue weighted by molar-refractivity contribution is -0.124. The van der Waals surface area contributed by atoms with Crippen LogP contribution in [0.4, 0.5) is 0 Å². The maximum absolute atomic E-state index is 12.1. The molecule has 1 amide bonds. The van der Waals surface area contributed by atoms with Gasteiger partial charge in [0.15, 0.2) is 0 Å². The number of sulfonamides is 1. The van der Waals surface area contributed by atoms with Gasteiger partial charge in [-0.15, -0.1) is 11.3 Å². The molecule has 5 nitrogen and oxygen atoms in total. The number of nitrogens with one attached hydrogen (secondary N) is 1. The first kappa shape index (κ1) is 15.9. The van der Waals surface area contributed by atoms with Crippen molar-refractivity contribution in [2.24, 2.45) is 0 Å². The molecule has 1 N–H and O–H groups in total. The third-order valence-corrected chi connectivity index (χ3v) is 6.20. The molecule has 1 aliphatic heterocycles. The van der Waals surface area contributed by atoms with Gasteiger partial charge in [-0.1, -0.05) is 0 Å². The van der Waals surface area contributed by atoms with Crippen LogP contribution in [0.2, 0.25) is 0 Å². The first-order valence-electron chi connectivity index (χ1n) is 6.36. The molecule has 1 aromatic rings. The summed E-state index contributed by atoms with van der Waals surface area (Å²) in [6, 6.07) is 3.45. The minimum absolute atomic E-state index is 0.191. The van der Waals surface area contributed by atoms with E-state index >= 15 is 0 Å². The van der Waals surface area contributed by atoms with Gasteiger partial charge >= 0.3 is 0 Å². The molecule has 1 fully saturated rings. The Balaban J connectivity index is 1.85. The molecule has 2 rings (SSSR count). The topological polar surface area (TPSA) is 66.5 Å². The second-order valence-electron chi connectivity index (χ2n) is 4.78. The molecule has 112 valence electrons. The molecule has 1 saturated heterocycles. The lowest BCUT2D eigenvalue weighted by Crippen LogP contribution is -2.45. The minimum Gasteiger partial charge on any atom is -0.354 e. The van der Waals surface area contributed by atoms with Crippen molar-refractivity contribution in [1.29, 1.82) is 0 Å². The fraction of sp³-hybridized carbons (Fsp3) is 0.583. The van der Waals surface area contributed by atoms with E-state index in [4.69, 9.17) is 0 Å². The molecule has 0 aromatic carbocycles. The Morgan fingerprint density at radius 1 is 1.55 bits per heavy atom. The summed E-state index contributed by atoms with van der Waals surface area (Å²) in [7, 11) is -3.30. The van der Waals surface area contributed by atoms with Crippen LogP contribution in [-0.4, -0.2) is 44.0 Å². The standard InChI is InChI=1S/C12H17BrN2O3S2/c1-20(17,18)15-8-2-3-10(15)12(16)14-7-6-9-4-5-11(13)19-9/h4-5,10H,2-3,6-8H2,1H3,(H,14,16)/t10-/m1/s1. The third-order valence-electron chi connectivity index (χ3n) is 3.23. The highest BCUT2D eigenvalue weighted by Gasteiger charge is 2.36. The van der Waals surface area contributed by atoms with Gasteiger partial charge in [0.1, 0.15) is 6.04 Å². The third kappa shape index (κ3) is 4.03. The molecule has 0 saturated carbocycles. The van der Waals surface area contributed by atoms with Crippen LogP contribution in [0, 0.1) is 0 Å². The van der Waals surface area contributed by atoms with Crippen LogP contribution < -0.4 is 5.32 Å². The van der Waals surface area contributed by atoms with Crippen LogP contribution in [0.3, 0.4) is 0 Å². The summed E-state index contributed by atoms with van der Waals surface area (Å²) in [6.45, 7) is 0.967. The molecule has 1 aromatic heterocycles. The Kier molecular flexibility index (Phi) is 5.22. The number of thiophene rings is 1. The Morgan fingerprint density at radius 2 is 2.30 bits per heavy atom. The Labute approximate surface area is 131 Å². The number of rotatable bonds is 5. The minimum atomic E-state index is -3.30. The van der Waals surface area contributed by atoms with E-state index in [1.807, 2.05) is 12.1 Å². The molecule has 0 aliphatic carbocycles. The highest BCUT2D eigenvalue weighted by Crippen LogP contribution is 2.22. The van der Waals surface area contributed by atoms with Crippen LogP contribution in [0.5, 0.6) is 0 Å². The predicted molar refractivity (Wildman–Crippen MR) is 83.3 cm³/mol. The zero-order chi connectivity index (χ0) is 14.8. The van der Waals surface area contributed by atoms with Crippen molar-refractivity contribution in [3.8, 4) is 0 Å². The molecule has 1 aliphatic rings. The molecular formula is C12H17BrN2O3S2. The van der Waals surface area contributed by atoms with E-state index in [0.717, 1.165) is 22.9 Å². The van der Waals surface area contributed by atoms with Crippen molar-refractivity contribution < 1.29 is 13.2 Å². The summed E-state index contributed by atoms with van der Waals surface area (Å²) in [5, 5.41) is 2.83. The highest BCUT2D eigenvalue weighted by atomic mass is 79.9. The Morgan fingerprint density at radius 3 is 2.90 bits per heavy atom. The lowest BCUT2D eigenvalue weighted by Gasteiger charge is -2.21. The van der Waals surface area contributed by atoms with E-state index in [2.05, 4.69) is 21.2 Å². The zero-order valence-electron chi connectivity index (χ0n) is 11.1. The van der Waals surface area contributed by atoms with Crippen molar-refractivity contribution in [2.75, 3.05) is 19.3 Å². The maximum Gasteiger partial charge on any atom is 0.238 e. The summed E-state index contributed by atoms with van der Waals surface area (Å²) in [5.41, 5.74) is 0. The van der Waals surface area contributed by atoms with Gasteiger partial charge < -0.3 is 5.32 Å². The molecule has 0 bridgehead atoms. The second kappa shape index (κ2) is 6.55. The number of carbonyl (C=O) groups is 1. The van der Waals surface area contributed by atoms with Crippen LogP contribution >= 0.6 is 27.3 Å². The molecule has 0 unspecified atom stereocenters. The van der Waals surface area contributed by atoms with Crippen LogP contribution in [0.25, 0.3) is 0 Å². The van der Waals surface area contributed by atoms with Gasteiger partial charge in [-0.3, -0.25) is 4.79 Å². The smallest absolute Gasteiger partial charge is 0.238 e. The summed E-state index contributed by atoms with van der Waals surface area (Å²) in [5.74, 6) is -0.191. The predicted octanol–water partition coefficient (Wildman–Crippen LogP) is 1.59. The van der Waals surface area contributed by atoms with Gasteiger partial charge in [0.2, 0.25) is 15.9 Å². The van der Waals surface area contributed by atoms with Crippen molar-refractivity contribution in [3.63, 3.8) is 0 Å². The van der Waals surface area contributed by atoms with E-state index in [1.165, 1.54) is 9.18 Å². The Bertz CT molecular complexity index is 585. The van der Waals surface area contributed by atoms with Gasteiger partial charge in [-0.05, 0) is 47.3 Å². The zero-order valence-corrected chi connectivity index (χ0v) is 14.4. The van der Waals surface area contributed by atoms with Crippen molar-refractivity contribution in [1.82, 2.24) is 9.62 Å². The lowest BCUT2D eigenvalue weighted by atomic mass is 10.2. The average molecular weight is 381 g/mol. The van der Waals surface area contributed by atoms with Crippen molar-refractivity contribution in [3.05, 3.63) is 20.8 Å². The van der Waals surface area contributed by atoms with Crippen LogP contribution in [0.1, 0.15) is 17.7 Å². The monoisotopic (exact) mass is 380 g/mol.